The fourth-order valence-corrected chi connectivity index (χ4v) is 4.89. The van der Waals surface area contributed by atoms with Crippen molar-refractivity contribution in [2.45, 2.75) is 45.1 Å². The lowest BCUT2D eigenvalue weighted by atomic mass is 9.86. The maximum Gasteiger partial charge on any atom is 0.264 e. The van der Waals surface area contributed by atoms with Crippen molar-refractivity contribution in [1.82, 2.24) is 9.78 Å². The Kier molecular flexibility index (Phi) is 5.31. The van der Waals surface area contributed by atoms with E-state index in [1.165, 1.54) is 0 Å². The third-order valence-corrected chi connectivity index (χ3v) is 6.55. The van der Waals surface area contributed by atoms with Gasteiger partial charge in [-0.25, -0.2) is 8.78 Å². The molecule has 0 bridgehead atoms. The van der Waals surface area contributed by atoms with Gasteiger partial charge in [-0.3, -0.25) is 9.48 Å². The Hall–Kier alpha value is -3.42. The molecule has 0 unspecified atom stereocenters. The third kappa shape index (κ3) is 3.83. The number of benzene rings is 2. The van der Waals surface area contributed by atoms with Gasteiger partial charge in [0.2, 0.25) is 5.91 Å². The second-order valence-electron chi connectivity index (χ2n) is 9.04. The molecule has 0 spiro atoms. The first-order valence-electron chi connectivity index (χ1n) is 11.2. The van der Waals surface area contributed by atoms with Crippen molar-refractivity contribution in [2.24, 2.45) is 7.05 Å². The van der Waals surface area contributed by atoms with Crippen LogP contribution in [0.3, 0.4) is 0 Å². The zero-order valence-electron chi connectivity index (χ0n) is 18.9. The van der Waals surface area contributed by atoms with E-state index in [0.29, 0.717) is 29.8 Å². The summed E-state index contributed by atoms with van der Waals surface area (Å²) < 4.78 is 30.1. The maximum atomic E-state index is 14.2. The summed E-state index contributed by atoms with van der Waals surface area (Å²) in [7, 11) is 1.78. The first-order valence-corrected chi connectivity index (χ1v) is 11.2. The first kappa shape index (κ1) is 21.4. The average molecular weight is 452 g/mol. The van der Waals surface area contributed by atoms with Crippen LogP contribution in [0, 0.1) is 0 Å². The molecule has 3 heterocycles. The van der Waals surface area contributed by atoms with Crippen LogP contribution < -0.4 is 15.5 Å². The van der Waals surface area contributed by atoms with E-state index in [4.69, 9.17) is 0 Å². The predicted molar refractivity (Wildman–Crippen MR) is 126 cm³/mol. The minimum absolute atomic E-state index is 0.00231. The van der Waals surface area contributed by atoms with Gasteiger partial charge in [0.25, 0.3) is 6.43 Å². The van der Waals surface area contributed by atoms with Gasteiger partial charge in [-0.2, -0.15) is 5.10 Å². The van der Waals surface area contributed by atoms with Gasteiger partial charge in [0.1, 0.15) is 0 Å². The number of alkyl halides is 2. The molecule has 0 saturated heterocycles. The number of aromatic nitrogens is 2. The van der Waals surface area contributed by atoms with E-state index >= 15 is 0 Å². The molecule has 0 fully saturated rings. The Morgan fingerprint density at radius 3 is 2.73 bits per heavy atom. The number of nitrogens with zero attached hydrogens (tertiary/aromatic N) is 3. The van der Waals surface area contributed by atoms with Gasteiger partial charge in [-0.05, 0) is 54.7 Å². The number of carbonyl (C=O) groups is 1. The second-order valence-corrected chi connectivity index (χ2v) is 9.04. The minimum atomic E-state index is -2.62. The first-order chi connectivity index (χ1) is 15.8. The number of rotatable bonds is 3. The van der Waals surface area contributed by atoms with Crippen LogP contribution in [0.2, 0.25) is 0 Å². The molecule has 1 aromatic heterocycles. The molecule has 2 aliphatic heterocycles. The predicted octanol–water partition coefficient (Wildman–Crippen LogP) is 5.81. The monoisotopic (exact) mass is 451 g/mol. The van der Waals surface area contributed by atoms with Crippen molar-refractivity contribution in [2.75, 3.05) is 22.1 Å². The van der Waals surface area contributed by atoms with E-state index in [0.717, 1.165) is 29.0 Å². The largest absolute Gasteiger partial charge is 0.379 e. The van der Waals surface area contributed by atoms with Gasteiger partial charge < -0.3 is 15.5 Å². The number of nitrogens with one attached hydrogen (secondary N) is 2. The van der Waals surface area contributed by atoms with E-state index < -0.39 is 6.43 Å². The quantitative estimate of drug-likeness (QED) is 0.527. The summed E-state index contributed by atoms with van der Waals surface area (Å²) in [4.78, 5) is 14.3. The molecule has 172 valence electrons. The van der Waals surface area contributed by atoms with Crippen LogP contribution in [-0.2, 0) is 11.8 Å². The van der Waals surface area contributed by atoms with Crippen molar-refractivity contribution >= 4 is 28.7 Å². The number of para-hydroxylation sites is 1. The molecule has 0 aliphatic carbocycles. The highest BCUT2D eigenvalue weighted by Crippen LogP contribution is 2.47. The Balaban J connectivity index is 1.67. The Morgan fingerprint density at radius 1 is 1.18 bits per heavy atom. The number of aryl methyl sites for hydroxylation is 1. The minimum Gasteiger partial charge on any atom is -0.379 e. The van der Waals surface area contributed by atoms with Crippen LogP contribution in [0.15, 0.2) is 42.7 Å². The van der Waals surface area contributed by atoms with Crippen molar-refractivity contribution < 1.29 is 13.6 Å². The number of anilines is 4. The fourth-order valence-electron chi connectivity index (χ4n) is 4.89. The summed E-state index contributed by atoms with van der Waals surface area (Å²) >= 11 is 0. The molecule has 5 rings (SSSR count). The van der Waals surface area contributed by atoms with E-state index in [1.807, 2.05) is 31.2 Å². The lowest BCUT2D eigenvalue weighted by Gasteiger charge is -2.37. The molecule has 6 nitrogen and oxygen atoms in total. The highest BCUT2D eigenvalue weighted by atomic mass is 19.3. The molecule has 2 N–H and O–H groups in total. The summed E-state index contributed by atoms with van der Waals surface area (Å²) in [5.41, 5.74) is 5.45. The van der Waals surface area contributed by atoms with Crippen molar-refractivity contribution in [3.8, 4) is 11.1 Å². The Morgan fingerprint density at radius 2 is 2.00 bits per heavy atom. The average Bonchev–Trinajstić information content (AvgIpc) is 3.14. The molecule has 0 saturated carbocycles. The van der Waals surface area contributed by atoms with Gasteiger partial charge in [0.15, 0.2) is 0 Å². The second kappa shape index (κ2) is 8.17. The molecule has 3 aromatic rings. The highest BCUT2D eigenvalue weighted by molar-refractivity contribution is 6.00. The molecule has 8 heteroatoms. The lowest BCUT2D eigenvalue weighted by molar-refractivity contribution is -0.116. The smallest absolute Gasteiger partial charge is 0.264 e. The molecular formula is C25H27F2N5O. The lowest BCUT2D eigenvalue weighted by Crippen LogP contribution is -2.28. The number of carbonyl (C=O) groups excluding carboxylic acids is 1. The molecule has 2 aliphatic rings. The molecule has 0 radical (unpaired) electrons. The van der Waals surface area contributed by atoms with Gasteiger partial charge >= 0.3 is 0 Å². The Bertz CT molecular complexity index is 1220. The summed E-state index contributed by atoms with van der Waals surface area (Å²) in [5, 5.41) is 10.6. The molecular weight excluding hydrogens is 424 g/mol. The van der Waals surface area contributed by atoms with E-state index in [-0.39, 0.29) is 23.4 Å². The van der Waals surface area contributed by atoms with Crippen molar-refractivity contribution in [3.63, 3.8) is 0 Å². The standard InChI is InChI=1S/C25H27F2N5O/c1-14-7-8-32(21-6-4-5-20-24(21)29-15(2)9-23(33)30-20)22-11-19(25(26)27)18(10-17(14)22)16-12-28-31(3)13-16/h4-6,10-15,25,29H,7-9H2,1-3H3,(H,30,33)/t14-,15+/m0/s1. The van der Waals surface area contributed by atoms with Crippen LogP contribution in [0.5, 0.6) is 0 Å². The van der Waals surface area contributed by atoms with Crippen LogP contribution in [0.4, 0.5) is 31.5 Å². The zero-order chi connectivity index (χ0) is 23.3. The molecule has 2 aromatic carbocycles. The third-order valence-electron chi connectivity index (χ3n) is 6.55. The Labute approximate surface area is 191 Å². The van der Waals surface area contributed by atoms with Crippen LogP contribution >= 0.6 is 0 Å². The molecule has 33 heavy (non-hydrogen) atoms. The number of hydrogen-bond acceptors (Lipinski definition) is 4. The summed E-state index contributed by atoms with van der Waals surface area (Å²) in [6, 6.07) is 9.24. The van der Waals surface area contributed by atoms with Gasteiger partial charge in [-0.15, -0.1) is 0 Å². The van der Waals surface area contributed by atoms with Crippen molar-refractivity contribution in [3.05, 3.63) is 53.9 Å². The maximum absolute atomic E-state index is 14.2. The normalized spacial score (nSPS) is 20.1. The van der Waals surface area contributed by atoms with Gasteiger partial charge in [0.05, 0.1) is 23.3 Å². The summed E-state index contributed by atoms with van der Waals surface area (Å²) in [6.45, 7) is 4.80. The van der Waals surface area contributed by atoms with Crippen LogP contribution in [0.25, 0.3) is 11.1 Å². The van der Waals surface area contributed by atoms with E-state index in [1.54, 1.807) is 30.2 Å². The number of amides is 1. The topological polar surface area (TPSA) is 62.2 Å². The van der Waals surface area contributed by atoms with Crippen molar-refractivity contribution in [1.29, 1.82) is 0 Å². The molecule has 2 atom stereocenters. The number of hydrogen-bond donors (Lipinski definition) is 2. The van der Waals surface area contributed by atoms with E-state index in [2.05, 4.69) is 27.6 Å². The SMILES string of the molecule is C[C@@H]1CC(=O)Nc2cccc(N3CC[C@H](C)c4cc(-c5cnn(C)c5)c(C(F)F)cc43)c2N1. The molecule has 1 amide bonds. The zero-order valence-corrected chi connectivity index (χ0v) is 18.9. The highest BCUT2D eigenvalue weighted by Gasteiger charge is 2.30. The fraction of sp³-hybridized carbons (Fsp3) is 0.360. The number of fused-ring (bicyclic) bond motifs is 2. The van der Waals surface area contributed by atoms with Gasteiger partial charge in [-0.1, -0.05) is 13.0 Å². The summed E-state index contributed by atoms with van der Waals surface area (Å²) in [5.74, 6) is 0.187. The van der Waals surface area contributed by atoms with Crippen LogP contribution in [0.1, 0.15) is 50.2 Å². The number of halogens is 2. The van der Waals surface area contributed by atoms with E-state index in [9.17, 15) is 13.6 Å². The van der Waals surface area contributed by atoms with Crippen LogP contribution in [-0.4, -0.2) is 28.3 Å². The summed E-state index contributed by atoms with van der Waals surface area (Å²) in [6.07, 6.45) is 2.04. The van der Waals surface area contributed by atoms with Gasteiger partial charge in [0, 0.05) is 49.1 Å².